The fourth-order valence-corrected chi connectivity index (χ4v) is 3.74. The molecule has 8 heteroatoms. The first kappa shape index (κ1) is 15.5. The largest absolute Gasteiger partial charge is 0.361 e. The standard InChI is InChI=1S/C15H17N3O4S/c1-11-7-13(16-22-11)8-15(19)18-9-14(10-18)23(20,21)17-12-5-3-2-4-6-12/h2-7,14,17H,8-10H2,1H3. The molecule has 0 atom stereocenters. The Bertz CT molecular complexity index is 795. The molecule has 0 bridgehead atoms. The zero-order chi connectivity index (χ0) is 16.4. The lowest BCUT2D eigenvalue weighted by molar-refractivity contribution is -0.133. The van der Waals surface area contributed by atoms with E-state index >= 15 is 0 Å². The third-order valence-corrected chi connectivity index (χ3v) is 5.38. The van der Waals surface area contributed by atoms with Crippen molar-refractivity contribution in [1.82, 2.24) is 10.1 Å². The van der Waals surface area contributed by atoms with Gasteiger partial charge in [-0.05, 0) is 19.1 Å². The van der Waals surface area contributed by atoms with Crippen LogP contribution in [0.5, 0.6) is 0 Å². The van der Waals surface area contributed by atoms with Crippen LogP contribution in [0, 0.1) is 6.92 Å². The molecule has 1 saturated heterocycles. The molecule has 122 valence electrons. The number of carbonyl (C=O) groups excluding carboxylic acids is 1. The van der Waals surface area contributed by atoms with Crippen molar-refractivity contribution in [3.8, 4) is 0 Å². The van der Waals surface area contributed by atoms with Gasteiger partial charge in [0.25, 0.3) is 0 Å². The fourth-order valence-electron chi connectivity index (χ4n) is 2.36. The van der Waals surface area contributed by atoms with Gasteiger partial charge in [0.15, 0.2) is 0 Å². The van der Waals surface area contributed by atoms with Gasteiger partial charge in [-0.3, -0.25) is 9.52 Å². The molecule has 1 fully saturated rings. The number of carbonyl (C=O) groups is 1. The lowest BCUT2D eigenvalue weighted by Crippen LogP contribution is -2.58. The van der Waals surface area contributed by atoms with Gasteiger partial charge in [0.1, 0.15) is 11.0 Å². The van der Waals surface area contributed by atoms with Crippen molar-refractivity contribution < 1.29 is 17.7 Å². The summed E-state index contributed by atoms with van der Waals surface area (Å²) in [7, 11) is -3.49. The second-order valence-electron chi connectivity index (χ2n) is 5.54. The van der Waals surface area contributed by atoms with Crippen LogP contribution in [0.25, 0.3) is 0 Å². The highest BCUT2D eigenvalue weighted by Gasteiger charge is 2.39. The van der Waals surface area contributed by atoms with Crippen LogP contribution in [0.1, 0.15) is 11.5 Å². The Balaban J connectivity index is 1.54. The second kappa shape index (κ2) is 6.04. The van der Waals surface area contributed by atoms with E-state index in [1.165, 1.54) is 4.90 Å². The number of likely N-dealkylation sites (tertiary alicyclic amines) is 1. The number of hydrogen-bond acceptors (Lipinski definition) is 5. The molecule has 1 amide bonds. The zero-order valence-electron chi connectivity index (χ0n) is 12.6. The average molecular weight is 335 g/mol. The summed E-state index contributed by atoms with van der Waals surface area (Å²) in [6.45, 7) is 2.14. The maximum absolute atomic E-state index is 12.2. The molecule has 0 unspecified atom stereocenters. The summed E-state index contributed by atoms with van der Waals surface area (Å²) in [5.41, 5.74) is 1.08. The van der Waals surface area contributed by atoms with Crippen LogP contribution in [0.15, 0.2) is 40.9 Å². The summed E-state index contributed by atoms with van der Waals surface area (Å²) in [6.07, 6.45) is 0.121. The van der Waals surface area contributed by atoms with Crippen LogP contribution in [-0.2, 0) is 21.2 Å². The van der Waals surface area contributed by atoms with Crippen LogP contribution in [0.4, 0.5) is 5.69 Å². The average Bonchev–Trinajstić information content (AvgIpc) is 2.82. The summed E-state index contributed by atoms with van der Waals surface area (Å²) in [5.74, 6) is 0.494. The molecule has 23 heavy (non-hydrogen) atoms. The van der Waals surface area contributed by atoms with Gasteiger partial charge < -0.3 is 9.42 Å². The molecule has 2 heterocycles. The molecule has 1 N–H and O–H groups in total. The van der Waals surface area contributed by atoms with Gasteiger partial charge in [0.2, 0.25) is 15.9 Å². The Morgan fingerprint density at radius 3 is 2.65 bits per heavy atom. The Kier molecular flexibility index (Phi) is 4.08. The third-order valence-electron chi connectivity index (χ3n) is 3.68. The van der Waals surface area contributed by atoms with E-state index < -0.39 is 15.3 Å². The predicted molar refractivity (Wildman–Crippen MR) is 84.3 cm³/mol. The summed E-state index contributed by atoms with van der Waals surface area (Å²) in [6, 6.07) is 10.4. The number of sulfonamides is 1. The number of amides is 1. The minimum Gasteiger partial charge on any atom is -0.361 e. The first-order valence-electron chi connectivity index (χ1n) is 7.21. The number of benzene rings is 1. The second-order valence-corrected chi connectivity index (χ2v) is 7.50. The van der Waals surface area contributed by atoms with E-state index in [0.29, 0.717) is 17.1 Å². The molecule has 7 nitrogen and oxygen atoms in total. The van der Waals surface area contributed by atoms with E-state index in [0.717, 1.165) is 0 Å². The number of anilines is 1. The number of hydrogen-bond donors (Lipinski definition) is 1. The van der Waals surface area contributed by atoms with Crippen LogP contribution < -0.4 is 4.72 Å². The SMILES string of the molecule is Cc1cc(CC(=O)N2CC(S(=O)(=O)Nc3ccccc3)C2)no1. The van der Waals surface area contributed by atoms with E-state index in [9.17, 15) is 13.2 Å². The van der Waals surface area contributed by atoms with E-state index in [2.05, 4.69) is 9.88 Å². The monoisotopic (exact) mass is 335 g/mol. The molecule has 1 aliphatic rings. The Labute approximate surface area is 134 Å². The van der Waals surface area contributed by atoms with E-state index in [1.807, 2.05) is 6.07 Å². The molecule has 0 radical (unpaired) electrons. The first-order valence-corrected chi connectivity index (χ1v) is 8.75. The summed E-state index contributed by atoms with van der Waals surface area (Å²) in [4.78, 5) is 13.6. The normalized spacial score (nSPS) is 15.3. The van der Waals surface area contributed by atoms with Gasteiger partial charge in [0.05, 0.1) is 12.1 Å². The van der Waals surface area contributed by atoms with Gasteiger partial charge in [-0.2, -0.15) is 0 Å². The number of aryl methyl sites for hydroxylation is 1. The molecule has 1 aliphatic heterocycles. The van der Waals surface area contributed by atoms with Gasteiger partial charge in [-0.15, -0.1) is 0 Å². The van der Waals surface area contributed by atoms with Crippen molar-refractivity contribution >= 4 is 21.6 Å². The lowest BCUT2D eigenvalue weighted by atomic mass is 10.1. The van der Waals surface area contributed by atoms with E-state index in [1.54, 1.807) is 37.3 Å². The van der Waals surface area contributed by atoms with E-state index in [4.69, 9.17) is 4.52 Å². The Morgan fingerprint density at radius 1 is 1.35 bits per heavy atom. The number of nitrogens with one attached hydrogen (secondary N) is 1. The lowest BCUT2D eigenvalue weighted by Gasteiger charge is -2.38. The summed E-state index contributed by atoms with van der Waals surface area (Å²) < 4.78 is 31.9. The topological polar surface area (TPSA) is 92.5 Å². The van der Waals surface area contributed by atoms with Gasteiger partial charge in [-0.1, -0.05) is 23.4 Å². The molecular formula is C15H17N3O4S. The highest BCUT2D eigenvalue weighted by Crippen LogP contribution is 2.20. The molecule has 3 rings (SSSR count). The van der Waals surface area contributed by atoms with Crippen LogP contribution >= 0.6 is 0 Å². The molecule has 0 saturated carbocycles. The van der Waals surface area contributed by atoms with Crippen LogP contribution in [0.2, 0.25) is 0 Å². The molecular weight excluding hydrogens is 318 g/mol. The number of nitrogens with zero attached hydrogens (tertiary/aromatic N) is 2. The van der Waals surface area contributed by atoms with Crippen LogP contribution in [-0.4, -0.2) is 42.7 Å². The predicted octanol–water partition coefficient (Wildman–Crippen LogP) is 1.18. The van der Waals surface area contributed by atoms with Crippen molar-refractivity contribution in [2.75, 3.05) is 17.8 Å². The summed E-state index contributed by atoms with van der Waals surface area (Å²) >= 11 is 0. The van der Waals surface area contributed by atoms with Crippen molar-refractivity contribution in [3.05, 3.63) is 47.9 Å². The summed E-state index contributed by atoms with van der Waals surface area (Å²) in [5, 5.41) is 3.18. The minimum atomic E-state index is -3.49. The minimum absolute atomic E-state index is 0.121. The van der Waals surface area contributed by atoms with Crippen molar-refractivity contribution in [3.63, 3.8) is 0 Å². The fraction of sp³-hybridized carbons (Fsp3) is 0.333. The van der Waals surface area contributed by atoms with Gasteiger partial charge >= 0.3 is 0 Å². The maximum atomic E-state index is 12.2. The third kappa shape index (κ3) is 3.53. The zero-order valence-corrected chi connectivity index (χ0v) is 13.4. The van der Waals surface area contributed by atoms with Crippen molar-refractivity contribution in [2.45, 2.75) is 18.6 Å². The molecule has 0 aliphatic carbocycles. The number of rotatable bonds is 5. The smallest absolute Gasteiger partial charge is 0.239 e. The molecule has 1 aromatic carbocycles. The maximum Gasteiger partial charge on any atom is 0.239 e. The van der Waals surface area contributed by atoms with Crippen LogP contribution in [0.3, 0.4) is 0 Å². The highest BCUT2D eigenvalue weighted by molar-refractivity contribution is 7.93. The first-order chi connectivity index (χ1) is 10.9. The molecule has 1 aromatic heterocycles. The molecule has 2 aromatic rings. The van der Waals surface area contributed by atoms with Crippen molar-refractivity contribution in [1.29, 1.82) is 0 Å². The van der Waals surface area contributed by atoms with E-state index in [-0.39, 0.29) is 25.4 Å². The Hall–Kier alpha value is -2.35. The van der Waals surface area contributed by atoms with Gasteiger partial charge in [0, 0.05) is 24.8 Å². The number of para-hydroxylation sites is 1. The Morgan fingerprint density at radius 2 is 2.04 bits per heavy atom. The number of aromatic nitrogens is 1. The van der Waals surface area contributed by atoms with Gasteiger partial charge in [-0.25, -0.2) is 8.42 Å². The highest BCUT2D eigenvalue weighted by atomic mass is 32.2. The quantitative estimate of drug-likeness (QED) is 0.886. The molecule has 0 spiro atoms. The van der Waals surface area contributed by atoms with Crippen molar-refractivity contribution in [2.24, 2.45) is 0 Å².